The molecule has 0 aromatic heterocycles. The van der Waals surface area contributed by atoms with Crippen LogP contribution in [0.15, 0.2) is 24.3 Å². The quantitative estimate of drug-likeness (QED) is 0.829. The van der Waals surface area contributed by atoms with E-state index in [1.165, 1.54) is 24.9 Å². The number of hydrogen-bond acceptors (Lipinski definition) is 3. The van der Waals surface area contributed by atoms with E-state index in [2.05, 4.69) is 30.9 Å². The second-order valence-corrected chi connectivity index (χ2v) is 5.82. The summed E-state index contributed by atoms with van der Waals surface area (Å²) in [6.45, 7) is 8.59. The third kappa shape index (κ3) is 4.51. The van der Waals surface area contributed by atoms with Gasteiger partial charge in [-0.05, 0) is 50.3 Å². The van der Waals surface area contributed by atoms with E-state index < -0.39 is 0 Å². The molecule has 2 N–H and O–H groups in total. The van der Waals surface area contributed by atoms with Crippen molar-refractivity contribution in [3.05, 3.63) is 29.8 Å². The smallest absolute Gasteiger partial charge is 0.0469 e. The average Bonchev–Trinajstić information content (AvgIpc) is 2.41. The van der Waals surface area contributed by atoms with Crippen LogP contribution >= 0.6 is 0 Å². The van der Waals surface area contributed by atoms with Crippen LogP contribution in [-0.2, 0) is 11.3 Å². The Hall–Kier alpha value is -1.06. The van der Waals surface area contributed by atoms with Crippen LogP contribution in [0.2, 0.25) is 0 Å². The maximum Gasteiger partial charge on any atom is 0.0469 e. The topological polar surface area (TPSA) is 38.5 Å². The third-order valence-electron chi connectivity index (χ3n) is 3.93. The molecular weight excluding hydrogens is 236 g/mol. The molecule has 0 unspecified atom stereocenters. The average molecular weight is 262 g/mol. The first kappa shape index (κ1) is 14.4. The molecule has 0 spiro atoms. The van der Waals surface area contributed by atoms with Gasteiger partial charge in [0.15, 0.2) is 0 Å². The van der Waals surface area contributed by atoms with Gasteiger partial charge in [-0.15, -0.1) is 0 Å². The lowest BCUT2D eigenvalue weighted by atomic mass is 9.98. The largest absolute Gasteiger partial charge is 0.399 e. The van der Waals surface area contributed by atoms with E-state index in [0.717, 1.165) is 31.4 Å². The summed E-state index contributed by atoms with van der Waals surface area (Å²) in [7, 11) is 0. The molecule has 1 aromatic rings. The van der Waals surface area contributed by atoms with Crippen molar-refractivity contribution < 1.29 is 4.74 Å². The maximum atomic E-state index is 5.74. The summed E-state index contributed by atoms with van der Waals surface area (Å²) in [5.74, 6) is 0.782. The number of ether oxygens (including phenoxy) is 1. The van der Waals surface area contributed by atoms with Gasteiger partial charge in [0, 0.05) is 38.0 Å². The van der Waals surface area contributed by atoms with Crippen molar-refractivity contribution in [3.8, 4) is 0 Å². The van der Waals surface area contributed by atoms with Crippen LogP contribution in [-0.4, -0.2) is 30.7 Å². The molecule has 19 heavy (non-hydrogen) atoms. The predicted molar refractivity (Wildman–Crippen MR) is 79.9 cm³/mol. The SMILES string of the molecule is CC(C)N(Cc1ccc(N)cc1)CC1CCOCC1. The minimum Gasteiger partial charge on any atom is -0.399 e. The molecule has 3 nitrogen and oxygen atoms in total. The van der Waals surface area contributed by atoms with Crippen LogP contribution in [0, 0.1) is 5.92 Å². The molecule has 0 radical (unpaired) electrons. The Kier molecular flexibility index (Phi) is 5.23. The molecular formula is C16H26N2O. The van der Waals surface area contributed by atoms with E-state index in [-0.39, 0.29) is 0 Å². The van der Waals surface area contributed by atoms with E-state index >= 15 is 0 Å². The number of nitrogens with two attached hydrogens (primary N) is 1. The fourth-order valence-corrected chi connectivity index (χ4v) is 2.58. The predicted octanol–water partition coefficient (Wildman–Crippen LogP) is 2.91. The summed E-state index contributed by atoms with van der Waals surface area (Å²) >= 11 is 0. The molecule has 1 saturated heterocycles. The van der Waals surface area contributed by atoms with Gasteiger partial charge in [-0.3, -0.25) is 4.90 Å². The van der Waals surface area contributed by atoms with Crippen molar-refractivity contribution in [2.24, 2.45) is 5.92 Å². The zero-order valence-electron chi connectivity index (χ0n) is 12.1. The minimum atomic E-state index is 0.570. The zero-order chi connectivity index (χ0) is 13.7. The van der Waals surface area contributed by atoms with Crippen LogP contribution in [0.5, 0.6) is 0 Å². The second-order valence-electron chi connectivity index (χ2n) is 5.82. The van der Waals surface area contributed by atoms with Crippen LogP contribution in [0.1, 0.15) is 32.3 Å². The lowest BCUT2D eigenvalue weighted by Gasteiger charge is -2.32. The molecule has 0 amide bonds. The van der Waals surface area contributed by atoms with Crippen molar-refractivity contribution in [1.29, 1.82) is 0 Å². The Labute approximate surface area is 116 Å². The van der Waals surface area contributed by atoms with Crippen molar-refractivity contribution in [2.75, 3.05) is 25.5 Å². The molecule has 3 heteroatoms. The zero-order valence-corrected chi connectivity index (χ0v) is 12.1. The molecule has 1 fully saturated rings. The second kappa shape index (κ2) is 6.92. The van der Waals surface area contributed by atoms with Gasteiger partial charge in [0.1, 0.15) is 0 Å². The highest BCUT2D eigenvalue weighted by atomic mass is 16.5. The van der Waals surface area contributed by atoms with Crippen LogP contribution in [0.25, 0.3) is 0 Å². The summed E-state index contributed by atoms with van der Waals surface area (Å²) in [6.07, 6.45) is 2.40. The van der Waals surface area contributed by atoms with E-state index in [9.17, 15) is 0 Å². The fourth-order valence-electron chi connectivity index (χ4n) is 2.58. The van der Waals surface area contributed by atoms with Crippen molar-refractivity contribution >= 4 is 5.69 Å². The summed E-state index contributed by atoms with van der Waals surface area (Å²) in [5, 5.41) is 0. The Balaban J connectivity index is 1.93. The lowest BCUT2D eigenvalue weighted by Crippen LogP contribution is -2.36. The molecule has 0 saturated carbocycles. The first-order chi connectivity index (χ1) is 9.15. The molecule has 2 rings (SSSR count). The van der Waals surface area contributed by atoms with Gasteiger partial charge in [0.2, 0.25) is 0 Å². The van der Waals surface area contributed by atoms with Gasteiger partial charge < -0.3 is 10.5 Å². The van der Waals surface area contributed by atoms with Crippen molar-refractivity contribution in [3.63, 3.8) is 0 Å². The highest BCUT2D eigenvalue weighted by Crippen LogP contribution is 2.19. The summed E-state index contributed by atoms with van der Waals surface area (Å²) in [4.78, 5) is 2.56. The molecule has 1 heterocycles. The van der Waals surface area contributed by atoms with Gasteiger partial charge in [0.25, 0.3) is 0 Å². The van der Waals surface area contributed by atoms with Crippen LogP contribution in [0.4, 0.5) is 5.69 Å². The highest BCUT2D eigenvalue weighted by molar-refractivity contribution is 5.39. The number of rotatable bonds is 5. The molecule has 1 aliphatic rings. The normalized spacial score (nSPS) is 17.3. The molecule has 0 aliphatic carbocycles. The maximum absolute atomic E-state index is 5.74. The Morgan fingerprint density at radius 1 is 1.21 bits per heavy atom. The van der Waals surface area contributed by atoms with Crippen LogP contribution < -0.4 is 5.73 Å². The van der Waals surface area contributed by atoms with E-state index in [1.807, 2.05) is 12.1 Å². The number of anilines is 1. The first-order valence-corrected chi connectivity index (χ1v) is 7.31. The summed E-state index contributed by atoms with van der Waals surface area (Å²) in [6, 6.07) is 8.81. The number of nitrogens with zero attached hydrogens (tertiary/aromatic N) is 1. The van der Waals surface area contributed by atoms with Gasteiger partial charge in [-0.2, -0.15) is 0 Å². The van der Waals surface area contributed by atoms with Gasteiger partial charge >= 0.3 is 0 Å². The van der Waals surface area contributed by atoms with Crippen LogP contribution in [0.3, 0.4) is 0 Å². The number of nitrogen functional groups attached to an aromatic ring is 1. The Morgan fingerprint density at radius 3 is 2.42 bits per heavy atom. The van der Waals surface area contributed by atoms with E-state index in [0.29, 0.717) is 6.04 Å². The number of hydrogen-bond donors (Lipinski definition) is 1. The van der Waals surface area contributed by atoms with Gasteiger partial charge in [-0.1, -0.05) is 12.1 Å². The minimum absolute atomic E-state index is 0.570. The Morgan fingerprint density at radius 2 is 1.84 bits per heavy atom. The molecule has 0 atom stereocenters. The Bertz CT molecular complexity index is 369. The molecule has 1 aromatic carbocycles. The first-order valence-electron chi connectivity index (χ1n) is 7.31. The highest BCUT2D eigenvalue weighted by Gasteiger charge is 2.19. The standard InChI is InChI=1S/C16H26N2O/c1-13(2)18(12-15-7-9-19-10-8-15)11-14-3-5-16(17)6-4-14/h3-6,13,15H,7-12,17H2,1-2H3. The molecule has 0 bridgehead atoms. The number of benzene rings is 1. The summed E-state index contributed by atoms with van der Waals surface area (Å²) in [5.41, 5.74) is 7.92. The van der Waals surface area contributed by atoms with Gasteiger partial charge in [-0.25, -0.2) is 0 Å². The van der Waals surface area contributed by atoms with Gasteiger partial charge in [0.05, 0.1) is 0 Å². The van der Waals surface area contributed by atoms with E-state index in [4.69, 9.17) is 10.5 Å². The third-order valence-corrected chi connectivity index (χ3v) is 3.93. The molecule has 106 valence electrons. The van der Waals surface area contributed by atoms with E-state index in [1.54, 1.807) is 0 Å². The lowest BCUT2D eigenvalue weighted by molar-refractivity contribution is 0.0462. The summed E-state index contributed by atoms with van der Waals surface area (Å²) < 4.78 is 5.44. The molecule has 1 aliphatic heterocycles. The van der Waals surface area contributed by atoms with Crippen molar-refractivity contribution in [2.45, 2.75) is 39.3 Å². The monoisotopic (exact) mass is 262 g/mol. The fraction of sp³-hybridized carbons (Fsp3) is 0.625. The van der Waals surface area contributed by atoms with Crippen molar-refractivity contribution in [1.82, 2.24) is 4.90 Å².